The van der Waals surface area contributed by atoms with Crippen molar-refractivity contribution < 1.29 is 9.94 Å². The summed E-state index contributed by atoms with van der Waals surface area (Å²) in [5.41, 5.74) is 4.31. The molecule has 1 aromatic carbocycles. The van der Waals surface area contributed by atoms with Crippen LogP contribution in [0.4, 0.5) is 0 Å². The molecule has 0 saturated heterocycles. The van der Waals surface area contributed by atoms with Gasteiger partial charge in [0.2, 0.25) is 0 Å². The molecule has 2 N–H and O–H groups in total. The third-order valence-electron chi connectivity index (χ3n) is 2.07. The van der Waals surface area contributed by atoms with Crippen molar-refractivity contribution in [3.8, 4) is 5.75 Å². The normalized spacial score (nSPS) is 10.3. The van der Waals surface area contributed by atoms with Crippen LogP contribution >= 0.6 is 11.8 Å². The quantitative estimate of drug-likeness (QED) is 0.594. The highest BCUT2D eigenvalue weighted by Gasteiger charge is 2.06. The molecule has 0 spiro atoms. The van der Waals surface area contributed by atoms with Gasteiger partial charge >= 0.3 is 0 Å². The van der Waals surface area contributed by atoms with Crippen LogP contribution in [0.5, 0.6) is 5.75 Å². The summed E-state index contributed by atoms with van der Waals surface area (Å²) in [6, 6.07) is 4.01. The fourth-order valence-electron chi connectivity index (χ4n) is 1.34. The summed E-state index contributed by atoms with van der Waals surface area (Å²) in [4.78, 5) is 1.16. The van der Waals surface area contributed by atoms with Crippen molar-refractivity contribution in [3.05, 3.63) is 23.3 Å². The van der Waals surface area contributed by atoms with Gasteiger partial charge in [0.1, 0.15) is 5.75 Å². The monoisotopic (exact) mass is 213 g/mol. The molecule has 0 aliphatic carbocycles. The second-order valence-electron chi connectivity index (χ2n) is 2.97. The molecule has 0 aliphatic heterocycles. The molecule has 0 aliphatic rings. The lowest BCUT2D eigenvalue weighted by Crippen LogP contribution is -2.07. The lowest BCUT2D eigenvalue weighted by molar-refractivity contribution is 0.160. The fourth-order valence-corrected chi connectivity index (χ4v) is 2.02. The third-order valence-corrected chi connectivity index (χ3v) is 2.89. The first-order valence-electron chi connectivity index (χ1n) is 4.31. The van der Waals surface area contributed by atoms with Crippen LogP contribution in [-0.4, -0.2) is 18.6 Å². The van der Waals surface area contributed by atoms with Gasteiger partial charge in [0, 0.05) is 11.4 Å². The zero-order valence-corrected chi connectivity index (χ0v) is 9.44. The van der Waals surface area contributed by atoms with E-state index in [9.17, 15) is 0 Å². The molecule has 14 heavy (non-hydrogen) atoms. The van der Waals surface area contributed by atoms with E-state index < -0.39 is 0 Å². The van der Waals surface area contributed by atoms with E-state index in [4.69, 9.17) is 9.94 Å². The second kappa shape index (κ2) is 5.24. The molecule has 0 unspecified atom stereocenters. The Labute approximate surface area is 88.4 Å². The van der Waals surface area contributed by atoms with Crippen LogP contribution in [0.1, 0.15) is 11.1 Å². The van der Waals surface area contributed by atoms with E-state index in [1.807, 2.05) is 19.2 Å². The van der Waals surface area contributed by atoms with Crippen LogP contribution < -0.4 is 10.2 Å². The van der Waals surface area contributed by atoms with Gasteiger partial charge in [-0.15, -0.1) is 11.8 Å². The van der Waals surface area contributed by atoms with Crippen LogP contribution in [0, 0.1) is 6.92 Å². The van der Waals surface area contributed by atoms with Gasteiger partial charge in [-0.05, 0) is 36.4 Å². The molecule has 0 bridgehead atoms. The summed E-state index contributed by atoms with van der Waals surface area (Å²) < 4.78 is 5.21. The first-order chi connectivity index (χ1) is 6.72. The number of nitrogens with one attached hydrogen (secondary N) is 1. The Balaban J connectivity index is 3.11. The van der Waals surface area contributed by atoms with E-state index in [0.717, 1.165) is 21.8 Å². The average molecular weight is 213 g/mol. The summed E-state index contributed by atoms with van der Waals surface area (Å²) in [6.45, 7) is 2.45. The number of rotatable bonds is 4. The highest BCUT2D eigenvalue weighted by Crippen LogP contribution is 2.28. The van der Waals surface area contributed by atoms with Crippen molar-refractivity contribution in [2.45, 2.75) is 18.4 Å². The number of benzene rings is 1. The Morgan fingerprint density at radius 1 is 1.50 bits per heavy atom. The summed E-state index contributed by atoms with van der Waals surface area (Å²) in [7, 11) is 1.65. The molecule has 0 amide bonds. The Morgan fingerprint density at radius 2 is 2.21 bits per heavy atom. The molecule has 0 saturated carbocycles. The number of thioether (sulfide) groups is 1. The Bertz CT molecular complexity index is 315. The molecule has 1 rings (SSSR count). The van der Waals surface area contributed by atoms with Crippen molar-refractivity contribution in [1.29, 1.82) is 0 Å². The van der Waals surface area contributed by atoms with Gasteiger partial charge < -0.3 is 9.94 Å². The van der Waals surface area contributed by atoms with E-state index >= 15 is 0 Å². The molecule has 0 atom stereocenters. The third kappa shape index (κ3) is 2.41. The molecule has 0 aromatic heterocycles. The molecule has 78 valence electrons. The number of aryl methyl sites for hydroxylation is 1. The fraction of sp³-hybridized carbons (Fsp3) is 0.400. The lowest BCUT2D eigenvalue weighted by Gasteiger charge is -2.11. The van der Waals surface area contributed by atoms with Gasteiger partial charge in [-0.2, -0.15) is 0 Å². The Kier molecular flexibility index (Phi) is 4.25. The van der Waals surface area contributed by atoms with Gasteiger partial charge in [0.15, 0.2) is 0 Å². The van der Waals surface area contributed by atoms with E-state index in [0.29, 0.717) is 6.54 Å². The van der Waals surface area contributed by atoms with Crippen molar-refractivity contribution >= 4 is 11.8 Å². The van der Waals surface area contributed by atoms with Crippen LogP contribution in [0.2, 0.25) is 0 Å². The zero-order valence-electron chi connectivity index (χ0n) is 8.63. The molecule has 1 aromatic rings. The van der Waals surface area contributed by atoms with Crippen LogP contribution in [0.15, 0.2) is 17.0 Å². The molecule has 4 heteroatoms. The number of ether oxygens (including phenoxy) is 1. The first kappa shape index (κ1) is 11.4. The van der Waals surface area contributed by atoms with Gasteiger partial charge in [-0.25, -0.2) is 5.48 Å². The lowest BCUT2D eigenvalue weighted by atomic mass is 10.1. The molecule has 0 fully saturated rings. The van der Waals surface area contributed by atoms with Crippen molar-refractivity contribution in [1.82, 2.24) is 5.48 Å². The SMILES string of the molecule is COc1cc(CNO)c(SC)cc1C. The molecular weight excluding hydrogens is 198 g/mol. The Hall–Kier alpha value is -0.710. The second-order valence-corrected chi connectivity index (χ2v) is 3.82. The van der Waals surface area contributed by atoms with Crippen molar-refractivity contribution in [2.75, 3.05) is 13.4 Å². The minimum absolute atomic E-state index is 0.437. The molecule has 0 heterocycles. The summed E-state index contributed by atoms with van der Waals surface area (Å²) in [5.74, 6) is 0.855. The number of hydrogen-bond acceptors (Lipinski definition) is 4. The Morgan fingerprint density at radius 3 is 2.71 bits per heavy atom. The van der Waals surface area contributed by atoms with Gasteiger partial charge in [-0.3, -0.25) is 0 Å². The maximum Gasteiger partial charge on any atom is 0.122 e. The number of hydroxylamine groups is 1. The largest absolute Gasteiger partial charge is 0.496 e. The minimum atomic E-state index is 0.437. The summed E-state index contributed by atoms with van der Waals surface area (Å²) in [5, 5.41) is 8.67. The summed E-state index contributed by atoms with van der Waals surface area (Å²) in [6.07, 6.45) is 2.02. The summed E-state index contributed by atoms with van der Waals surface area (Å²) >= 11 is 1.66. The smallest absolute Gasteiger partial charge is 0.122 e. The van der Waals surface area contributed by atoms with Crippen LogP contribution in [-0.2, 0) is 6.54 Å². The molecular formula is C10H15NO2S. The van der Waals surface area contributed by atoms with E-state index in [1.54, 1.807) is 18.9 Å². The minimum Gasteiger partial charge on any atom is -0.496 e. The topological polar surface area (TPSA) is 41.5 Å². The molecule has 0 radical (unpaired) electrons. The van der Waals surface area contributed by atoms with E-state index in [-0.39, 0.29) is 0 Å². The van der Waals surface area contributed by atoms with Crippen LogP contribution in [0.25, 0.3) is 0 Å². The van der Waals surface area contributed by atoms with Crippen molar-refractivity contribution in [3.63, 3.8) is 0 Å². The maximum absolute atomic E-state index is 8.67. The average Bonchev–Trinajstić information content (AvgIpc) is 2.20. The van der Waals surface area contributed by atoms with Crippen molar-refractivity contribution in [2.24, 2.45) is 0 Å². The van der Waals surface area contributed by atoms with E-state index in [2.05, 4.69) is 11.5 Å². The van der Waals surface area contributed by atoms with Gasteiger partial charge in [0.05, 0.1) is 7.11 Å². The van der Waals surface area contributed by atoms with E-state index in [1.165, 1.54) is 0 Å². The van der Waals surface area contributed by atoms with Gasteiger partial charge in [0.25, 0.3) is 0 Å². The molecule has 3 nitrogen and oxygen atoms in total. The predicted octanol–water partition coefficient (Wildman–Crippen LogP) is 2.20. The standard InChI is InChI=1S/C10H15NO2S/c1-7-4-10(14-3)8(6-11-12)5-9(7)13-2/h4-5,11-12H,6H2,1-3H3. The number of hydrogen-bond donors (Lipinski definition) is 2. The predicted molar refractivity (Wildman–Crippen MR) is 58.1 cm³/mol. The van der Waals surface area contributed by atoms with Gasteiger partial charge in [-0.1, -0.05) is 0 Å². The number of methoxy groups -OCH3 is 1. The highest BCUT2D eigenvalue weighted by molar-refractivity contribution is 7.98. The first-order valence-corrected chi connectivity index (χ1v) is 5.53. The zero-order chi connectivity index (χ0) is 10.6. The maximum atomic E-state index is 8.67. The van der Waals surface area contributed by atoms with Crippen LogP contribution in [0.3, 0.4) is 0 Å². The highest BCUT2D eigenvalue weighted by atomic mass is 32.2.